The normalized spacial score (nSPS) is 10.3. The van der Waals surface area contributed by atoms with Crippen molar-refractivity contribution in [1.29, 1.82) is 0 Å². The standard InChI is InChI=1S/C20H26BO2/c1-3-5-13-22-19-11-7-9-17(15-19)21-18-10-8-12-20(16-18)23-14-6-4-2/h7-12,15-16H,3-6,13-14H2,1-2H3. The first kappa shape index (κ1) is 17.5. The molecule has 2 aromatic rings. The zero-order valence-corrected chi connectivity index (χ0v) is 14.3. The molecular weight excluding hydrogens is 283 g/mol. The van der Waals surface area contributed by atoms with Gasteiger partial charge in [0.2, 0.25) is 0 Å². The van der Waals surface area contributed by atoms with Gasteiger partial charge in [-0.15, -0.1) is 0 Å². The van der Waals surface area contributed by atoms with Crippen molar-refractivity contribution in [2.45, 2.75) is 39.5 Å². The molecule has 0 saturated heterocycles. The smallest absolute Gasteiger partial charge is 0.191 e. The number of hydrogen-bond acceptors (Lipinski definition) is 2. The summed E-state index contributed by atoms with van der Waals surface area (Å²) in [5.41, 5.74) is 2.29. The summed E-state index contributed by atoms with van der Waals surface area (Å²) in [4.78, 5) is 0. The van der Waals surface area contributed by atoms with Crippen molar-refractivity contribution in [3.63, 3.8) is 0 Å². The van der Waals surface area contributed by atoms with Gasteiger partial charge in [-0.1, -0.05) is 61.9 Å². The van der Waals surface area contributed by atoms with Crippen molar-refractivity contribution in [2.75, 3.05) is 13.2 Å². The van der Waals surface area contributed by atoms with E-state index in [9.17, 15) is 0 Å². The predicted octanol–water partition coefficient (Wildman–Crippen LogP) is 3.70. The fourth-order valence-corrected chi connectivity index (χ4v) is 2.25. The molecular formula is C20H26BO2. The van der Waals surface area contributed by atoms with Crippen LogP contribution in [-0.4, -0.2) is 20.5 Å². The van der Waals surface area contributed by atoms with E-state index >= 15 is 0 Å². The van der Waals surface area contributed by atoms with Gasteiger partial charge in [-0.2, -0.15) is 0 Å². The summed E-state index contributed by atoms with van der Waals surface area (Å²) in [6.45, 7) is 5.90. The van der Waals surface area contributed by atoms with Crippen LogP contribution in [0.2, 0.25) is 0 Å². The fourth-order valence-electron chi connectivity index (χ4n) is 2.25. The number of rotatable bonds is 10. The van der Waals surface area contributed by atoms with Gasteiger partial charge in [0.25, 0.3) is 0 Å². The highest BCUT2D eigenvalue weighted by Gasteiger charge is 2.03. The second-order valence-electron chi connectivity index (χ2n) is 5.69. The molecule has 23 heavy (non-hydrogen) atoms. The third-order valence-electron chi connectivity index (χ3n) is 3.58. The molecule has 0 aliphatic carbocycles. The van der Waals surface area contributed by atoms with Crippen molar-refractivity contribution < 1.29 is 9.47 Å². The molecule has 121 valence electrons. The van der Waals surface area contributed by atoms with E-state index in [0.29, 0.717) is 0 Å². The monoisotopic (exact) mass is 309 g/mol. The van der Waals surface area contributed by atoms with Gasteiger partial charge in [-0.3, -0.25) is 0 Å². The van der Waals surface area contributed by atoms with E-state index in [-0.39, 0.29) is 0 Å². The van der Waals surface area contributed by atoms with Crippen molar-refractivity contribution in [3.8, 4) is 11.5 Å². The second kappa shape index (κ2) is 9.99. The van der Waals surface area contributed by atoms with E-state index in [0.717, 1.165) is 61.3 Å². The van der Waals surface area contributed by atoms with Gasteiger partial charge >= 0.3 is 0 Å². The van der Waals surface area contributed by atoms with Gasteiger partial charge in [-0.05, 0) is 37.1 Å². The maximum absolute atomic E-state index is 5.77. The Labute approximate surface area is 141 Å². The van der Waals surface area contributed by atoms with Crippen LogP contribution >= 0.6 is 0 Å². The molecule has 2 aromatic carbocycles. The van der Waals surface area contributed by atoms with E-state index in [1.807, 2.05) is 24.3 Å². The molecule has 0 aromatic heterocycles. The van der Waals surface area contributed by atoms with Gasteiger partial charge in [0.1, 0.15) is 11.5 Å². The molecule has 2 rings (SSSR count). The maximum Gasteiger partial charge on any atom is 0.191 e. The average Bonchev–Trinajstić information content (AvgIpc) is 2.56. The Morgan fingerprint density at radius 2 is 1.22 bits per heavy atom. The molecule has 0 N–H and O–H groups in total. The van der Waals surface area contributed by atoms with Crippen LogP contribution in [0.4, 0.5) is 0 Å². The predicted molar refractivity (Wildman–Crippen MR) is 98.7 cm³/mol. The van der Waals surface area contributed by atoms with Crippen molar-refractivity contribution in [2.24, 2.45) is 0 Å². The number of unbranched alkanes of at least 4 members (excludes halogenated alkanes) is 2. The zero-order chi connectivity index (χ0) is 16.3. The summed E-state index contributed by atoms with van der Waals surface area (Å²) >= 11 is 0. The lowest BCUT2D eigenvalue weighted by Gasteiger charge is -2.09. The molecule has 2 nitrogen and oxygen atoms in total. The first-order chi connectivity index (χ1) is 11.3. The molecule has 0 atom stereocenters. The largest absolute Gasteiger partial charge is 0.494 e. The molecule has 0 spiro atoms. The molecule has 0 heterocycles. The van der Waals surface area contributed by atoms with Crippen LogP contribution < -0.4 is 20.4 Å². The molecule has 1 radical (unpaired) electrons. The van der Waals surface area contributed by atoms with E-state index < -0.39 is 0 Å². The first-order valence-electron chi connectivity index (χ1n) is 8.62. The Morgan fingerprint density at radius 3 is 1.65 bits per heavy atom. The molecule has 0 bridgehead atoms. The van der Waals surface area contributed by atoms with E-state index in [2.05, 4.69) is 45.4 Å². The van der Waals surface area contributed by atoms with Gasteiger partial charge in [0.05, 0.1) is 13.2 Å². The Hall–Kier alpha value is -1.90. The van der Waals surface area contributed by atoms with Gasteiger partial charge < -0.3 is 9.47 Å². The summed E-state index contributed by atoms with van der Waals surface area (Å²) in [5, 5.41) is 0. The van der Waals surface area contributed by atoms with E-state index in [1.165, 1.54) is 0 Å². The number of hydrogen-bond donors (Lipinski definition) is 0. The molecule has 0 fully saturated rings. The molecule has 0 aliphatic heterocycles. The second-order valence-corrected chi connectivity index (χ2v) is 5.69. The quantitative estimate of drug-likeness (QED) is 0.492. The van der Waals surface area contributed by atoms with Crippen molar-refractivity contribution in [3.05, 3.63) is 48.5 Å². The summed E-state index contributed by atoms with van der Waals surface area (Å²) < 4.78 is 11.5. The minimum absolute atomic E-state index is 0.778. The molecule has 0 amide bonds. The summed E-state index contributed by atoms with van der Waals surface area (Å²) in [6.07, 6.45) is 4.48. The first-order valence-corrected chi connectivity index (χ1v) is 8.62. The van der Waals surface area contributed by atoms with Crippen molar-refractivity contribution in [1.82, 2.24) is 0 Å². The van der Waals surface area contributed by atoms with Crippen LogP contribution in [-0.2, 0) is 0 Å². The van der Waals surface area contributed by atoms with Gasteiger partial charge in [0, 0.05) is 0 Å². The fraction of sp³-hybridized carbons (Fsp3) is 0.400. The minimum Gasteiger partial charge on any atom is -0.494 e. The highest BCUT2D eigenvalue weighted by atomic mass is 16.5. The topological polar surface area (TPSA) is 18.5 Å². The third-order valence-corrected chi connectivity index (χ3v) is 3.58. The van der Waals surface area contributed by atoms with E-state index in [4.69, 9.17) is 9.47 Å². The SMILES string of the molecule is CCCCOc1cccc([B]c2cccc(OCCCC)c2)c1. The van der Waals surface area contributed by atoms with E-state index in [1.54, 1.807) is 0 Å². The lowest BCUT2D eigenvalue weighted by Crippen LogP contribution is -2.27. The molecule has 0 unspecified atom stereocenters. The van der Waals surface area contributed by atoms with Crippen LogP contribution in [0.5, 0.6) is 11.5 Å². The number of ether oxygens (including phenoxy) is 2. The Morgan fingerprint density at radius 1 is 0.739 bits per heavy atom. The Bertz CT molecular complexity index is 532. The summed E-state index contributed by atoms with van der Waals surface area (Å²) in [5.74, 6) is 1.87. The highest BCUT2D eigenvalue weighted by Crippen LogP contribution is 2.10. The lowest BCUT2D eigenvalue weighted by atomic mass is 9.64. The third kappa shape index (κ3) is 6.39. The average molecular weight is 309 g/mol. The van der Waals surface area contributed by atoms with Crippen molar-refractivity contribution >= 4 is 18.2 Å². The number of benzene rings is 2. The Balaban J connectivity index is 1.95. The minimum atomic E-state index is 0.778. The van der Waals surface area contributed by atoms with Crippen LogP contribution in [0.25, 0.3) is 0 Å². The lowest BCUT2D eigenvalue weighted by molar-refractivity contribution is 0.309. The maximum atomic E-state index is 5.77. The highest BCUT2D eigenvalue weighted by molar-refractivity contribution is 6.67. The van der Waals surface area contributed by atoms with Crippen LogP contribution in [0.15, 0.2) is 48.5 Å². The van der Waals surface area contributed by atoms with Crippen LogP contribution in [0.3, 0.4) is 0 Å². The zero-order valence-electron chi connectivity index (χ0n) is 14.3. The van der Waals surface area contributed by atoms with Crippen LogP contribution in [0.1, 0.15) is 39.5 Å². The van der Waals surface area contributed by atoms with Crippen LogP contribution in [0, 0.1) is 0 Å². The Kier molecular flexibility index (Phi) is 7.58. The van der Waals surface area contributed by atoms with Gasteiger partial charge in [-0.25, -0.2) is 0 Å². The summed E-state index contributed by atoms with van der Waals surface area (Å²) in [7, 11) is 2.15. The molecule has 0 aliphatic rings. The summed E-state index contributed by atoms with van der Waals surface area (Å²) in [6, 6.07) is 16.5. The molecule has 3 heteroatoms. The molecule has 0 saturated carbocycles. The van der Waals surface area contributed by atoms with Gasteiger partial charge in [0.15, 0.2) is 7.28 Å².